The van der Waals surface area contributed by atoms with Gasteiger partial charge in [-0.2, -0.15) is 0 Å². The molecule has 0 saturated carbocycles. The Kier molecular flexibility index (Phi) is 4.17. The van der Waals surface area contributed by atoms with Crippen molar-refractivity contribution in [3.05, 3.63) is 23.8 Å². The second-order valence-electron chi connectivity index (χ2n) is 3.64. The van der Waals surface area contributed by atoms with Gasteiger partial charge >= 0.3 is 0 Å². The van der Waals surface area contributed by atoms with Crippen molar-refractivity contribution in [2.75, 3.05) is 28.3 Å². The molecule has 0 spiro atoms. The average Bonchev–Trinajstić information content (AvgIpc) is 2.28. The van der Waals surface area contributed by atoms with Crippen molar-refractivity contribution in [2.45, 2.75) is 6.42 Å². The van der Waals surface area contributed by atoms with Gasteiger partial charge in [0.2, 0.25) is 5.91 Å². The predicted molar refractivity (Wildman–Crippen MR) is 61.9 cm³/mol. The van der Waals surface area contributed by atoms with E-state index in [1.54, 1.807) is 39.3 Å². The van der Waals surface area contributed by atoms with Crippen LogP contribution in [0.25, 0.3) is 0 Å². The maximum Gasteiger partial charge on any atom is 0.226 e. The van der Waals surface area contributed by atoms with E-state index in [0.29, 0.717) is 12.2 Å². The first-order valence-electron chi connectivity index (χ1n) is 4.99. The molecule has 16 heavy (non-hydrogen) atoms. The summed E-state index contributed by atoms with van der Waals surface area (Å²) in [5.41, 5.74) is 0.834. The lowest BCUT2D eigenvalue weighted by atomic mass is 10.1. The molecule has 1 rings (SSSR count). The van der Waals surface area contributed by atoms with Gasteiger partial charge in [0.15, 0.2) is 0 Å². The second kappa shape index (κ2) is 5.39. The minimum Gasteiger partial charge on any atom is -0.497 e. The zero-order valence-electron chi connectivity index (χ0n) is 10.1. The molecule has 0 radical (unpaired) electrons. The Hall–Kier alpha value is -1.71. The third-order valence-corrected chi connectivity index (χ3v) is 2.33. The van der Waals surface area contributed by atoms with E-state index >= 15 is 0 Å². The zero-order chi connectivity index (χ0) is 12.1. The fraction of sp³-hybridized carbons (Fsp3) is 0.417. The van der Waals surface area contributed by atoms with Gasteiger partial charge in [-0.05, 0) is 18.2 Å². The van der Waals surface area contributed by atoms with Crippen molar-refractivity contribution >= 4 is 5.91 Å². The molecule has 0 aliphatic rings. The molecule has 0 fully saturated rings. The van der Waals surface area contributed by atoms with Crippen LogP contribution in [0.4, 0.5) is 0 Å². The number of benzene rings is 1. The number of methoxy groups -OCH3 is 2. The Morgan fingerprint density at radius 3 is 2.44 bits per heavy atom. The van der Waals surface area contributed by atoms with Crippen molar-refractivity contribution in [1.82, 2.24) is 4.90 Å². The van der Waals surface area contributed by atoms with Crippen molar-refractivity contribution in [1.29, 1.82) is 0 Å². The van der Waals surface area contributed by atoms with E-state index in [1.807, 2.05) is 12.1 Å². The van der Waals surface area contributed by atoms with Gasteiger partial charge in [-0.1, -0.05) is 0 Å². The molecule has 88 valence electrons. The molecule has 4 heteroatoms. The molecule has 4 nitrogen and oxygen atoms in total. The maximum absolute atomic E-state index is 11.6. The summed E-state index contributed by atoms with van der Waals surface area (Å²) in [5, 5.41) is 0. The number of carbonyl (C=O) groups excluding carboxylic acids is 1. The SMILES string of the molecule is COc1ccc(OC)c(CC(=O)N(C)C)c1. The Morgan fingerprint density at radius 2 is 1.94 bits per heavy atom. The molecule has 0 N–H and O–H groups in total. The van der Waals surface area contributed by atoms with Gasteiger partial charge in [-0.3, -0.25) is 4.79 Å². The first kappa shape index (κ1) is 12.4. The molecule has 0 atom stereocenters. The van der Waals surface area contributed by atoms with Crippen LogP contribution in [0.15, 0.2) is 18.2 Å². The van der Waals surface area contributed by atoms with Crippen LogP contribution >= 0.6 is 0 Å². The highest BCUT2D eigenvalue weighted by Crippen LogP contribution is 2.24. The highest BCUT2D eigenvalue weighted by Gasteiger charge is 2.11. The van der Waals surface area contributed by atoms with Crippen molar-refractivity contribution in [3.63, 3.8) is 0 Å². The van der Waals surface area contributed by atoms with Crippen LogP contribution in [-0.4, -0.2) is 39.1 Å². The lowest BCUT2D eigenvalue weighted by Gasteiger charge is -2.13. The number of carbonyl (C=O) groups is 1. The van der Waals surface area contributed by atoms with E-state index in [4.69, 9.17) is 9.47 Å². The number of hydrogen-bond acceptors (Lipinski definition) is 3. The molecule has 1 aromatic carbocycles. The third kappa shape index (κ3) is 2.89. The Labute approximate surface area is 95.8 Å². The molecule has 1 aromatic rings. The molecule has 0 saturated heterocycles. The van der Waals surface area contributed by atoms with Crippen LogP contribution in [0.5, 0.6) is 11.5 Å². The van der Waals surface area contributed by atoms with Gasteiger partial charge in [-0.15, -0.1) is 0 Å². The summed E-state index contributed by atoms with van der Waals surface area (Å²) in [5.74, 6) is 1.46. The summed E-state index contributed by atoms with van der Waals surface area (Å²) in [6.07, 6.45) is 0.313. The zero-order valence-corrected chi connectivity index (χ0v) is 10.1. The van der Waals surface area contributed by atoms with Crippen LogP contribution in [0.3, 0.4) is 0 Å². The minimum absolute atomic E-state index is 0.0338. The highest BCUT2D eigenvalue weighted by atomic mass is 16.5. The topological polar surface area (TPSA) is 38.8 Å². The molecule has 0 bridgehead atoms. The number of amides is 1. The summed E-state index contributed by atoms with van der Waals surface area (Å²) in [7, 11) is 6.65. The second-order valence-corrected chi connectivity index (χ2v) is 3.64. The van der Waals surface area contributed by atoms with Crippen LogP contribution in [0, 0.1) is 0 Å². The van der Waals surface area contributed by atoms with Gasteiger partial charge < -0.3 is 14.4 Å². The van der Waals surface area contributed by atoms with E-state index in [2.05, 4.69) is 0 Å². The standard InChI is InChI=1S/C12H17NO3/c1-13(2)12(14)8-9-7-10(15-3)5-6-11(9)16-4/h5-7H,8H2,1-4H3. The number of hydrogen-bond donors (Lipinski definition) is 0. The van der Waals surface area contributed by atoms with Gasteiger partial charge in [-0.25, -0.2) is 0 Å². The van der Waals surface area contributed by atoms with Gasteiger partial charge in [0, 0.05) is 19.7 Å². The van der Waals surface area contributed by atoms with Gasteiger partial charge in [0.1, 0.15) is 11.5 Å². The van der Waals surface area contributed by atoms with Crippen LogP contribution in [0.2, 0.25) is 0 Å². The summed E-state index contributed by atoms with van der Waals surface area (Å²) >= 11 is 0. The summed E-state index contributed by atoms with van der Waals surface area (Å²) in [4.78, 5) is 13.2. The summed E-state index contributed by atoms with van der Waals surface area (Å²) in [6, 6.07) is 5.43. The molecular formula is C12H17NO3. The number of likely N-dealkylation sites (N-methyl/N-ethyl adjacent to an activating group) is 1. The average molecular weight is 223 g/mol. The molecule has 0 aliphatic heterocycles. The van der Waals surface area contributed by atoms with Gasteiger partial charge in [0.25, 0.3) is 0 Å². The minimum atomic E-state index is 0.0338. The largest absolute Gasteiger partial charge is 0.497 e. The number of rotatable bonds is 4. The van der Waals surface area contributed by atoms with Crippen LogP contribution in [0.1, 0.15) is 5.56 Å². The first-order chi connectivity index (χ1) is 7.58. The normalized spacial score (nSPS) is 9.75. The van der Waals surface area contributed by atoms with E-state index in [9.17, 15) is 4.79 Å². The van der Waals surface area contributed by atoms with Gasteiger partial charge in [0.05, 0.1) is 20.6 Å². The van der Waals surface area contributed by atoms with Crippen LogP contribution in [-0.2, 0) is 11.2 Å². The monoisotopic (exact) mass is 223 g/mol. The fourth-order valence-corrected chi connectivity index (χ4v) is 1.34. The highest BCUT2D eigenvalue weighted by molar-refractivity contribution is 5.79. The van der Waals surface area contributed by atoms with Crippen LogP contribution < -0.4 is 9.47 Å². The molecule has 0 aromatic heterocycles. The van der Waals surface area contributed by atoms with Crippen molar-refractivity contribution in [3.8, 4) is 11.5 Å². The Balaban J connectivity index is 2.95. The Morgan fingerprint density at radius 1 is 1.25 bits per heavy atom. The van der Waals surface area contributed by atoms with E-state index in [-0.39, 0.29) is 5.91 Å². The Bertz CT molecular complexity index is 375. The third-order valence-electron chi connectivity index (χ3n) is 2.33. The number of ether oxygens (including phenoxy) is 2. The lowest BCUT2D eigenvalue weighted by molar-refractivity contribution is -0.127. The summed E-state index contributed by atoms with van der Waals surface area (Å²) in [6.45, 7) is 0. The maximum atomic E-state index is 11.6. The molecule has 0 unspecified atom stereocenters. The predicted octanol–water partition coefficient (Wildman–Crippen LogP) is 1.33. The summed E-state index contributed by atoms with van der Waals surface area (Å²) < 4.78 is 10.3. The smallest absolute Gasteiger partial charge is 0.226 e. The van der Waals surface area contributed by atoms with Crippen molar-refractivity contribution in [2.24, 2.45) is 0 Å². The molecule has 1 amide bonds. The fourth-order valence-electron chi connectivity index (χ4n) is 1.34. The molecule has 0 heterocycles. The molecule has 0 aliphatic carbocycles. The molecular weight excluding hydrogens is 206 g/mol. The quantitative estimate of drug-likeness (QED) is 0.773. The number of nitrogens with zero attached hydrogens (tertiary/aromatic N) is 1. The van der Waals surface area contributed by atoms with E-state index < -0.39 is 0 Å². The van der Waals surface area contributed by atoms with Crippen molar-refractivity contribution < 1.29 is 14.3 Å². The lowest BCUT2D eigenvalue weighted by Crippen LogP contribution is -2.23. The van der Waals surface area contributed by atoms with E-state index in [0.717, 1.165) is 11.3 Å². The first-order valence-corrected chi connectivity index (χ1v) is 4.99. The van der Waals surface area contributed by atoms with E-state index in [1.165, 1.54) is 0 Å².